The van der Waals surface area contributed by atoms with Crippen LogP contribution in [0.5, 0.6) is 0 Å². The van der Waals surface area contributed by atoms with E-state index in [0.29, 0.717) is 18.8 Å². The van der Waals surface area contributed by atoms with Crippen LogP contribution in [0, 0.1) is 26.7 Å². The third kappa shape index (κ3) is 3.17. The molecule has 1 aliphatic heterocycles. The van der Waals surface area contributed by atoms with E-state index in [1.807, 2.05) is 25.6 Å². The lowest BCUT2D eigenvalue weighted by atomic mass is 9.94. The summed E-state index contributed by atoms with van der Waals surface area (Å²) in [5.41, 5.74) is 4.37. The lowest BCUT2D eigenvalue weighted by Gasteiger charge is -2.19. The van der Waals surface area contributed by atoms with Crippen LogP contribution >= 0.6 is 0 Å². The molecule has 3 rings (SSSR count). The Morgan fingerprint density at radius 3 is 2.75 bits per heavy atom. The smallest absolute Gasteiger partial charge is 0.271 e. The van der Waals surface area contributed by atoms with Gasteiger partial charge in [-0.05, 0) is 27.2 Å². The first-order chi connectivity index (χ1) is 11.5. The largest absolute Gasteiger partial charge is 0.373 e. The molecule has 0 radical (unpaired) electrons. The van der Waals surface area contributed by atoms with Crippen LogP contribution in [0.4, 0.5) is 0 Å². The summed E-state index contributed by atoms with van der Waals surface area (Å²) < 4.78 is 7.83. The second kappa shape index (κ2) is 6.68. The van der Waals surface area contributed by atoms with E-state index in [1.54, 1.807) is 6.20 Å². The van der Waals surface area contributed by atoms with Crippen molar-refractivity contribution >= 4 is 5.91 Å². The molecule has 0 bridgehead atoms. The Morgan fingerprint density at radius 1 is 1.33 bits per heavy atom. The van der Waals surface area contributed by atoms with E-state index in [1.165, 1.54) is 6.20 Å². The average Bonchev–Trinajstić information content (AvgIpc) is 3.10. The molecule has 1 aliphatic rings. The molecule has 0 saturated carbocycles. The Bertz CT molecular complexity index is 738. The van der Waals surface area contributed by atoms with E-state index >= 15 is 0 Å². The van der Waals surface area contributed by atoms with Crippen LogP contribution in [0.25, 0.3) is 0 Å². The van der Waals surface area contributed by atoms with Crippen LogP contribution in [0.1, 0.15) is 45.7 Å². The van der Waals surface area contributed by atoms with Gasteiger partial charge in [0, 0.05) is 43.6 Å². The maximum absolute atomic E-state index is 12.2. The van der Waals surface area contributed by atoms with Crippen LogP contribution in [-0.2, 0) is 11.8 Å². The zero-order chi connectivity index (χ0) is 17.3. The number of nitrogens with one attached hydrogen (secondary N) is 1. The summed E-state index contributed by atoms with van der Waals surface area (Å²) >= 11 is 0. The number of hydrogen-bond acceptors (Lipinski definition) is 5. The van der Waals surface area contributed by atoms with Gasteiger partial charge in [0.25, 0.3) is 5.91 Å². The molecular formula is C17H23N5O2. The Balaban J connectivity index is 1.68. The third-order valence-corrected chi connectivity index (χ3v) is 4.60. The van der Waals surface area contributed by atoms with Gasteiger partial charge >= 0.3 is 0 Å². The van der Waals surface area contributed by atoms with Crippen molar-refractivity contribution in [2.24, 2.45) is 13.0 Å². The number of hydrogen-bond donors (Lipinski definition) is 1. The Kier molecular flexibility index (Phi) is 4.62. The zero-order valence-corrected chi connectivity index (χ0v) is 14.5. The minimum absolute atomic E-state index is 0.0249. The number of carbonyl (C=O) groups is 1. The minimum atomic E-state index is -0.201. The number of aromatic nitrogens is 4. The molecule has 0 unspecified atom stereocenters. The molecular weight excluding hydrogens is 306 g/mol. The topological polar surface area (TPSA) is 81.9 Å². The number of aryl methyl sites for hydroxylation is 3. The molecule has 7 heteroatoms. The first-order valence-electron chi connectivity index (χ1n) is 8.16. The molecule has 1 amide bonds. The first kappa shape index (κ1) is 16.6. The van der Waals surface area contributed by atoms with Gasteiger partial charge in [-0.25, -0.2) is 4.98 Å². The van der Waals surface area contributed by atoms with Gasteiger partial charge in [-0.2, -0.15) is 5.10 Å². The molecule has 128 valence electrons. The summed E-state index contributed by atoms with van der Waals surface area (Å²) in [5, 5.41) is 7.43. The van der Waals surface area contributed by atoms with Crippen molar-refractivity contribution in [2.45, 2.75) is 33.3 Å². The lowest BCUT2D eigenvalue weighted by molar-refractivity contribution is 0.0837. The monoisotopic (exact) mass is 329 g/mol. The molecule has 3 heterocycles. The van der Waals surface area contributed by atoms with Gasteiger partial charge in [0.2, 0.25) is 0 Å². The molecule has 1 fully saturated rings. The van der Waals surface area contributed by atoms with E-state index in [2.05, 4.69) is 27.3 Å². The van der Waals surface area contributed by atoms with Crippen LogP contribution in [0.2, 0.25) is 0 Å². The quantitative estimate of drug-likeness (QED) is 0.922. The lowest BCUT2D eigenvalue weighted by Crippen LogP contribution is -2.31. The van der Waals surface area contributed by atoms with Crippen LogP contribution in [-0.4, -0.2) is 38.8 Å². The predicted molar refractivity (Wildman–Crippen MR) is 88.6 cm³/mol. The van der Waals surface area contributed by atoms with E-state index < -0.39 is 0 Å². The normalized spacial score (nSPS) is 20.3. The highest BCUT2D eigenvalue weighted by Crippen LogP contribution is 2.37. The highest BCUT2D eigenvalue weighted by molar-refractivity contribution is 5.91. The fourth-order valence-corrected chi connectivity index (χ4v) is 3.19. The molecule has 7 nitrogen and oxygen atoms in total. The van der Waals surface area contributed by atoms with Crippen LogP contribution in [0.15, 0.2) is 12.4 Å². The maximum atomic E-state index is 12.2. The summed E-state index contributed by atoms with van der Waals surface area (Å²) in [7, 11) is 1.94. The van der Waals surface area contributed by atoms with Gasteiger partial charge in [0.05, 0.1) is 23.7 Å². The van der Waals surface area contributed by atoms with Gasteiger partial charge in [0.15, 0.2) is 0 Å². The molecule has 2 aromatic rings. The fourth-order valence-electron chi connectivity index (χ4n) is 3.19. The minimum Gasteiger partial charge on any atom is -0.373 e. The molecule has 0 aromatic carbocycles. The summed E-state index contributed by atoms with van der Waals surface area (Å²) in [4.78, 5) is 20.4. The summed E-state index contributed by atoms with van der Waals surface area (Å²) in [6.07, 6.45) is 3.99. The fraction of sp³-hybridized carbons (Fsp3) is 0.529. The Hall–Kier alpha value is -2.28. The predicted octanol–water partition coefficient (Wildman–Crippen LogP) is 1.64. The highest BCUT2D eigenvalue weighted by Gasteiger charge is 2.33. The highest BCUT2D eigenvalue weighted by atomic mass is 16.5. The van der Waals surface area contributed by atoms with Crippen molar-refractivity contribution in [2.75, 3.05) is 13.2 Å². The SMILES string of the molecule is Cc1cnc(C(=O)NC[C@H]2CCO[C@@H]2c2c(C)nn(C)c2C)cn1. The van der Waals surface area contributed by atoms with Crippen molar-refractivity contribution in [3.05, 3.63) is 40.7 Å². The van der Waals surface area contributed by atoms with Crippen molar-refractivity contribution < 1.29 is 9.53 Å². The van der Waals surface area contributed by atoms with Crippen LogP contribution in [0.3, 0.4) is 0 Å². The summed E-state index contributed by atoms with van der Waals surface area (Å²) in [6, 6.07) is 0. The van der Waals surface area contributed by atoms with Gasteiger partial charge in [-0.3, -0.25) is 14.5 Å². The van der Waals surface area contributed by atoms with Crippen molar-refractivity contribution in [3.63, 3.8) is 0 Å². The molecule has 2 atom stereocenters. The second-order valence-corrected chi connectivity index (χ2v) is 6.30. The van der Waals surface area contributed by atoms with Crippen LogP contribution < -0.4 is 5.32 Å². The molecule has 1 saturated heterocycles. The van der Waals surface area contributed by atoms with Crippen molar-refractivity contribution in [1.82, 2.24) is 25.1 Å². The number of amides is 1. The van der Waals surface area contributed by atoms with Gasteiger partial charge in [-0.15, -0.1) is 0 Å². The molecule has 2 aromatic heterocycles. The molecule has 0 aliphatic carbocycles. The number of ether oxygens (including phenoxy) is 1. The van der Waals surface area contributed by atoms with Gasteiger partial charge in [0.1, 0.15) is 5.69 Å². The van der Waals surface area contributed by atoms with E-state index in [-0.39, 0.29) is 17.9 Å². The van der Waals surface area contributed by atoms with E-state index in [9.17, 15) is 4.79 Å². The molecule has 24 heavy (non-hydrogen) atoms. The Morgan fingerprint density at radius 2 is 2.12 bits per heavy atom. The van der Waals surface area contributed by atoms with Crippen molar-refractivity contribution in [1.29, 1.82) is 0 Å². The first-order valence-corrected chi connectivity index (χ1v) is 8.16. The second-order valence-electron chi connectivity index (χ2n) is 6.30. The third-order valence-electron chi connectivity index (χ3n) is 4.60. The van der Waals surface area contributed by atoms with Gasteiger partial charge < -0.3 is 10.1 Å². The van der Waals surface area contributed by atoms with E-state index in [4.69, 9.17) is 4.74 Å². The standard InChI is InChI=1S/C17H23N5O2/c1-10-7-19-14(9-18-10)17(23)20-8-13-5-6-24-16(13)15-11(2)21-22(4)12(15)3/h7,9,13,16H,5-6,8H2,1-4H3,(H,20,23)/t13-,16+/m1/s1. The number of nitrogens with zero attached hydrogens (tertiary/aromatic N) is 4. The average molecular weight is 329 g/mol. The summed E-state index contributed by atoms with van der Waals surface area (Å²) in [5.74, 6) is 0.0294. The zero-order valence-electron chi connectivity index (χ0n) is 14.5. The van der Waals surface area contributed by atoms with Gasteiger partial charge in [-0.1, -0.05) is 0 Å². The molecule has 1 N–H and O–H groups in total. The maximum Gasteiger partial charge on any atom is 0.271 e. The number of rotatable bonds is 4. The summed E-state index contributed by atoms with van der Waals surface area (Å²) in [6.45, 7) is 7.14. The number of carbonyl (C=O) groups excluding carboxylic acids is 1. The van der Waals surface area contributed by atoms with Crippen molar-refractivity contribution in [3.8, 4) is 0 Å². The Labute approximate surface area is 141 Å². The van der Waals surface area contributed by atoms with E-state index in [0.717, 1.165) is 29.1 Å². The molecule has 0 spiro atoms.